The van der Waals surface area contributed by atoms with Gasteiger partial charge in [0, 0.05) is 5.92 Å². The van der Waals surface area contributed by atoms with Crippen molar-refractivity contribution in [3.8, 4) is 0 Å². The van der Waals surface area contributed by atoms with E-state index in [1.807, 2.05) is 0 Å². The monoisotopic (exact) mass is 272 g/mol. The standard InChI is InChI=1S/C20H32/c1-4-5-7-10-17-13-19(16(2)3)15-20(14-17)18-11-8-6-9-12-18/h8,11-12,15-17,20H,4-7,9-10,13-14H2,1-3H3/t17-,20?/m0/s1. The van der Waals surface area contributed by atoms with Gasteiger partial charge >= 0.3 is 0 Å². The van der Waals surface area contributed by atoms with Crippen molar-refractivity contribution in [3.05, 3.63) is 35.5 Å². The van der Waals surface area contributed by atoms with Gasteiger partial charge in [0.2, 0.25) is 0 Å². The molecule has 0 aromatic heterocycles. The molecule has 0 spiro atoms. The molecule has 0 saturated carbocycles. The lowest BCUT2D eigenvalue weighted by atomic mass is 9.74. The summed E-state index contributed by atoms with van der Waals surface area (Å²) in [5.41, 5.74) is 3.30. The lowest BCUT2D eigenvalue weighted by molar-refractivity contribution is 0.364. The van der Waals surface area contributed by atoms with Crippen molar-refractivity contribution in [1.29, 1.82) is 0 Å². The zero-order valence-corrected chi connectivity index (χ0v) is 13.7. The first-order valence-electron chi connectivity index (χ1n) is 8.77. The molecule has 0 bridgehead atoms. The third-order valence-electron chi connectivity index (χ3n) is 4.94. The van der Waals surface area contributed by atoms with Gasteiger partial charge in [0.05, 0.1) is 0 Å². The fourth-order valence-corrected chi connectivity index (χ4v) is 3.64. The molecule has 0 aromatic carbocycles. The van der Waals surface area contributed by atoms with Gasteiger partial charge in [-0.3, -0.25) is 0 Å². The van der Waals surface area contributed by atoms with Crippen LogP contribution in [0.5, 0.6) is 0 Å². The van der Waals surface area contributed by atoms with Gasteiger partial charge in [0.25, 0.3) is 0 Å². The van der Waals surface area contributed by atoms with Crippen molar-refractivity contribution in [1.82, 2.24) is 0 Å². The molecule has 20 heavy (non-hydrogen) atoms. The summed E-state index contributed by atoms with van der Waals surface area (Å²) < 4.78 is 0. The topological polar surface area (TPSA) is 0 Å². The molecule has 0 N–H and O–H groups in total. The number of hydrogen-bond donors (Lipinski definition) is 0. The predicted molar refractivity (Wildman–Crippen MR) is 89.7 cm³/mol. The first-order valence-corrected chi connectivity index (χ1v) is 8.77. The third kappa shape index (κ3) is 4.36. The highest BCUT2D eigenvalue weighted by molar-refractivity contribution is 5.31. The molecule has 1 unspecified atom stereocenters. The number of rotatable bonds is 6. The zero-order chi connectivity index (χ0) is 14.4. The SMILES string of the molecule is CCCCC[C@H]1CC(C(C)C)=CC(C2=CCCC=C2)C1. The van der Waals surface area contributed by atoms with Crippen LogP contribution in [-0.4, -0.2) is 0 Å². The molecule has 0 aliphatic heterocycles. The Labute approximate surface area is 126 Å². The van der Waals surface area contributed by atoms with E-state index in [1.165, 1.54) is 51.4 Å². The first kappa shape index (κ1) is 15.6. The van der Waals surface area contributed by atoms with Gasteiger partial charge in [-0.15, -0.1) is 0 Å². The maximum Gasteiger partial charge on any atom is 0.00202 e. The fraction of sp³-hybridized carbons (Fsp3) is 0.700. The Morgan fingerprint density at radius 1 is 1.20 bits per heavy atom. The Morgan fingerprint density at radius 3 is 2.70 bits per heavy atom. The molecule has 0 heteroatoms. The summed E-state index contributed by atoms with van der Waals surface area (Å²) in [6, 6.07) is 0. The van der Waals surface area contributed by atoms with E-state index in [-0.39, 0.29) is 0 Å². The number of hydrogen-bond acceptors (Lipinski definition) is 0. The van der Waals surface area contributed by atoms with Crippen molar-refractivity contribution < 1.29 is 0 Å². The van der Waals surface area contributed by atoms with Crippen LogP contribution in [-0.2, 0) is 0 Å². The highest BCUT2D eigenvalue weighted by Gasteiger charge is 2.25. The summed E-state index contributed by atoms with van der Waals surface area (Å²) >= 11 is 0. The van der Waals surface area contributed by atoms with Crippen molar-refractivity contribution in [2.24, 2.45) is 17.8 Å². The molecule has 0 nitrogen and oxygen atoms in total. The van der Waals surface area contributed by atoms with E-state index in [0.29, 0.717) is 5.92 Å². The van der Waals surface area contributed by atoms with Crippen LogP contribution in [0.15, 0.2) is 35.5 Å². The summed E-state index contributed by atoms with van der Waals surface area (Å²) in [7, 11) is 0. The van der Waals surface area contributed by atoms with E-state index < -0.39 is 0 Å². The Kier molecular flexibility index (Phi) is 6.13. The van der Waals surface area contributed by atoms with Crippen LogP contribution < -0.4 is 0 Å². The molecule has 0 fully saturated rings. The van der Waals surface area contributed by atoms with E-state index >= 15 is 0 Å². The van der Waals surface area contributed by atoms with Gasteiger partial charge in [0.15, 0.2) is 0 Å². The van der Waals surface area contributed by atoms with Crippen LogP contribution in [0.3, 0.4) is 0 Å². The van der Waals surface area contributed by atoms with E-state index in [1.54, 1.807) is 11.1 Å². The van der Waals surface area contributed by atoms with Gasteiger partial charge in [-0.2, -0.15) is 0 Å². The molecular formula is C20H32. The third-order valence-corrected chi connectivity index (χ3v) is 4.94. The van der Waals surface area contributed by atoms with Crippen molar-refractivity contribution >= 4 is 0 Å². The van der Waals surface area contributed by atoms with Crippen molar-refractivity contribution in [2.45, 2.75) is 72.1 Å². The summed E-state index contributed by atoms with van der Waals surface area (Å²) in [5, 5.41) is 0. The Balaban J connectivity index is 2.04. The minimum atomic E-state index is 0.698. The van der Waals surface area contributed by atoms with Gasteiger partial charge in [-0.05, 0) is 43.1 Å². The number of unbranched alkanes of at least 4 members (excludes halogenated alkanes) is 2. The van der Waals surface area contributed by atoms with E-state index in [4.69, 9.17) is 0 Å². The Hall–Kier alpha value is -0.780. The molecule has 112 valence electrons. The van der Waals surface area contributed by atoms with Crippen LogP contribution in [0, 0.1) is 17.8 Å². The quantitative estimate of drug-likeness (QED) is 0.385. The van der Waals surface area contributed by atoms with Crippen LogP contribution in [0.1, 0.15) is 72.1 Å². The smallest absolute Gasteiger partial charge is 0.00202 e. The predicted octanol–water partition coefficient (Wildman–Crippen LogP) is 6.45. The van der Waals surface area contributed by atoms with Crippen molar-refractivity contribution in [2.75, 3.05) is 0 Å². The second-order valence-corrected chi connectivity index (χ2v) is 6.99. The fourth-order valence-electron chi connectivity index (χ4n) is 3.64. The van der Waals surface area contributed by atoms with E-state index in [2.05, 4.69) is 45.1 Å². The molecule has 0 amide bonds. The van der Waals surface area contributed by atoms with Crippen LogP contribution in [0.2, 0.25) is 0 Å². The molecule has 2 rings (SSSR count). The van der Waals surface area contributed by atoms with Crippen LogP contribution in [0.4, 0.5) is 0 Å². The highest BCUT2D eigenvalue weighted by atomic mass is 14.3. The van der Waals surface area contributed by atoms with Gasteiger partial charge in [-0.1, -0.05) is 76.3 Å². The average molecular weight is 272 g/mol. The lowest BCUT2D eigenvalue weighted by Crippen LogP contribution is -2.18. The first-order chi connectivity index (χ1) is 9.70. The molecule has 0 aromatic rings. The molecule has 0 heterocycles. The van der Waals surface area contributed by atoms with Gasteiger partial charge in [0.1, 0.15) is 0 Å². The molecule has 2 atom stereocenters. The van der Waals surface area contributed by atoms with Gasteiger partial charge in [-0.25, -0.2) is 0 Å². The maximum absolute atomic E-state index is 2.60. The van der Waals surface area contributed by atoms with E-state index in [9.17, 15) is 0 Å². The molecular weight excluding hydrogens is 240 g/mol. The minimum absolute atomic E-state index is 0.698. The number of allylic oxidation sites excluding steroid dienone is 6. The Bertz CT molecular complexity index is 381. The highest BCUT2D eigenvalue weighted by Crippen LogP contribution is 2.38. The van der Waals surface area contributed by atoms with Crippen LogP contribution >= 0.6 is 0 Å². The summed E-state index contributed by atoms with van der Waals surface area (Å²) in [4.78, 5) is 0. The van der Waals surface area contributed by atoms with Crippen LogP contribution in [0.25, 0.3) is 0 Å². The largest absolute Gasteiger partial charge is 0.0839 e. The summed E-state index contributed by atoms with van der Waals surface area (Å²) in [5.74, 6) is 2.34. The minimum Gasteiger partial charge on any atom is -0.0839 e. The van der Waals surface area contributed by atoms with Crippen molar-refractivity contribution in [3.63, 3.8) is 0 Å². The normalized spacial score (nSPS) is 26.6. The average Bonchev–Trinajstić information content (AvgIpc) is 2.48. The summed E-state index contributed by atoms with van der Waals surface area (Å²) in [6.07, 6.45) is 20.7. The second kappa shape index (κ2) is 7.86. The molecule has 0 radical (unpaired) electrons. The summed E-state index contributed by atoms with van der Waals surface area (Å²) in [6.45, 7) is 7.03. The van der Waals surface area contributed by atoms with Gasteiger partial charge < -0.3 is 0 Å². The van der Waals surface area contributed by atoms with E-state index in [0.717, 1.165) is 11.8 Å². The molecule has 2 aliphatic carbocycles. The lowest BCUT2D eigenvalue weighted by Gasteiger charge is -2.31. The maximum atomic E-state index is 2.60. The molecule has 2 aliphatic rings. The Morgan fingerprint density at radius 2 is 2.05 bits per heavy atom. The molecule has 0 saturated heterocycles. The zero-order valence-electron chi connectivity index (χ0n) is 13.7. The second-order valence-electron chi connectivity index (χ2n) is 6.99.